The van der Waals surface area contributed by atoms with Gasteiger partial charge in [0.2, 0.25) is 0 Å². The molecule has 1 heterocycles. The van der Waals surface area contributed by atoms with E-state index >= 15 is 0 Å². The lowest BCUT2D eigenvalue weighted by atomic mass is 10.2. The highest BCUT2D eigenvalue weighted by molar-refractivity contribution is 14.0. The molecule has 0 saturated heterocycles. The zero-order valence-electron chi connectivity index (χ0n) is 14.2. The van der Waals surface area contributed by atoms with Gasteiger partial charge in [-0.2, -0.15) is 0 Å². The van der Waals surface area contributed by atoms with Crippen molar-refractivity contribution in [3.8, 4) is 0 Å². The van der Waals surface area contributed by atoms with Gasteiger partial charge in [-0.25, -0.2) is 9.98 Å². The molecule has 0 bridgehead atoms. The van der Waals surface area contributed by atoms with Crippen LogP contribution in [0.2, 0.25) is 5.02 Å². The Morgan fingerprint density at radius 3 is 2.71 bits per heavy atom. The zero-order valence-corrected chi connectivity index (χ0v) is 18.1. The number of nitrogens with zero attached hydrogens (tertiary/aromatic N) is 2. The monoisotopic (exact) mass is 478 g/mol. The molecule has 0 aliphatic heterocycles. The fraction of sp³-hybridized carbons (Fsp3) is 0.412. The predicted octanol–water partition coefficient (Wildman–Crippen LogP) is 4.33. The SMILES string of the molecule is CCNC(=NCc1cccc(Cl)c1)NCCc1nc(C)c(C)s1.I. The van der Waals surface area contributed by atoms with E-state index < -0.39 is 0 Å². The minimum absolute atomic E-state index is 0. The lowest BCUT2D eigenvalue weighted by Gasteiger charge is -2.10. The Hall–Kier alpha value is -0.860. The molecule has 1 aromatic heterocycles. The first-order chi connectivity index (χ1) is 11.1. The van der Waals surface area contributed by atoms with E-state index in [1.54, 1.807) is 11.3 Å². The van der Waals surface area contributed by atoms with Crippen LogP contribution in [-0.2, 0) is 13.0 Å². The van der Waals surface area contributed by atoms with Crippen molar-refractivity contribution < 1.29 is 0 Å². The van der Waals surface area contributed by atoms with Gasteiger partial charge in [0.15, 0.2) is 5.96 Å². The molecule has 2 N–H and O–H groups in total. The van der Waals surface area contributed by atoms with Gasteiger partial charge in [0, 0.05) is 29.4 Å². The molecular formula is C17H24ClIN4S. The lowest BCUT2D eigenvalue weighted by Crippen LogP contribution is -2.38. The second-order valence-electron chi connectivity index (χ2n) is 5.25. The van der Waals surface area contributed by atoms with Crippen LogP contribution in [0.4, 0.5) is 0 Å². The van der Waals surface area contributed by atoms with Gasteiger partial charge in [0.05, 0.1) is 17.2 Å². The van der Waals surface area contributed by atoms with Crippen LogP contribution in [0.15, 0.2) is 29.3 Å². The fourth-order valence-electron chi connectivity index (χ4n) is 2.08. The Bertz CT molecular complexity index is 653. The first kappa shape index (κ1) is 21.2. The first-order valence-corrected chi connectivity index (χ1v) is 8.97. The second-order valence-corrected chi connectivity index (χ2v) is 6.98. The number of halogens is 2. The molecule has 0 spiro atoms. The Morgan fingerprint density at radius 1 is 1.29 bits per heavy atom. The molecule has 0 unspecified atom stereocenters. The van der Waals surface area contributed by atoms with E-state index in [9.17, 15) is 0 Å². The van der Waals surface area contributed by atoms with Gasteiger partial charge in [-0.1, -0.05) is 23.7 Å². The van der Waals surface area contributed by atoms with Crippen LogP contribution in [0.25, 0.3) is 0 Å². The van der Waals surface area contributed by atoms with Crippen molar-refractivity contribution in [2.24, 2.45) is 4.99 Å². The largest absolute Gasteiger partial charge is 0.357 e. The van der Waals surface area contributed by atoms with Crippen LogP contribution in [0, 0.1) is 13.8 Å². The summed E-state index contributed by atoms with van der Waals surface area (Å²) in [5, 5.41) is 8.52. The third-order valence-corrected chi connectivity index (χ3v) is 4.72. The van der Waals surface area contributed by atoms with Gasteiger partial charge < -0.3 is 10.6 Å². The van der Waals surface area contributed by atoms with Crippen molar-refractivity contribution in [2.75, 3.05) is 13.1 Å². The van der Waals surface area contributed by atoms with Gasteiger partial charge in [-0.3, -0.25) is 0 Å². The van der Waals surface area contributed by atoms with Crippen molar-refractivity contribution >= 4 is 52.9 Å². The number of guanidine groups is 1. The summed E-state index contributed by atoms with van der Waals surface area (Å²) in [6.07, 6.45) is 0.904. The standard InChI is InChI=1S/C17H23ClN4S.HI/c1-4-19-17(21-11-14-6-5-7-15(18)10-14)20-9-8-16-22-12(2)13(3)23-16;/h5-7,10H,4,8-9,11H2,1-3H3,(H2,19,20,21);1H. The minimum atomic E-state index is 0. The Balaban J connectivity index is 0.00000288. The Morgan fingerprint density at radius 2 is 2.08 bits per heavy atom. The number of aromatic nitrogens is 1. The molecular weight excluding hydrogens is 455 g/mol. The highest BCUT2D eigenvalue weighted by Gasteiger charge is 2.04. The average Bonchev–Trinajstić information content (AvgIpc) is 2.83. The molecule has 2 rings (SSSR count). The molecule has 132 valence electrons. The molecule has 4 nitrogen and oxygen atoms in total. The highest BCUT2D eigenvalue weighted by atomic mass is 127. The van der Waals surface area contributed by atoms with Crippen LogP contribution in [0.1, 0.15) is 28.1 Å². The third-order valence-electron chi connectivity index (χ3n) is 3.36. The number of thiazole rings is 1. The summed E-state index contributed by atoms with van der Waals surface area (Å²) in [5.41, 5.74) is 2.23. The van der Waals surface area contributed by atoms with Gasteiger partial charge in [-0.15, -0.1) is 35.3 Å². The van der Waals surface area contributed by atoms with E-state index in [1.165, 1.54) is 4.88 Å². The van der Waals surface area contributed by atoms with Crippen LogP contribution in [-0.4, -0.2) is 24.0 Å². The van der Waals surface area contributed by atoms with Crippen molar-refractivity contribution in [1.29, 1.82) is 0 Å². The lowest BCUT2D eigenvalue weighted by molar-refractivity contribution is 0.795. The summed E-state index contributed by atoms with van der Waals surface area (Å²) in [4.78, 5) is 10.5. The van der Waals surface area contributed by atoms with Gasteiger partial charge in [0.1, 0.15) is 0 Å². The maximum atomic E-state index is 6.00. The van der Waals surface area contributed by atoms with E-state index in [2.05, 4.69) is 41.4 Å². The number of nitrogens with one attached hydrogen (secondary N) is 2. The molecule has 0 aliphatic carbocycles. The molecule has 7 heteroatoms. The number of benzene rings is 1. The highest BCUT2D eigenvalue weighted by Crippen LogP contribution is 2.16. The first-order valence-electron chi connectivity index (χ1n) is 7.78. The smallest absolute Gasteiger partial charge is 0.191 e. The number of rotatable bonds is 6. The maximum absolute atomic E-state index is 6.00. The molecule has 24 heavy (non-hydrogen) atoms. The summed E-state index contributed by atoms with van der Waals surface area (Å²) in [6, 6.07) is 7.78. The summed E-state index contributed by atoms with van der Waals surface area (Å²) < 4.78 is 0. The summed E-state index contributed by atoms with van der Waals surface area (Å²) in [6.45, 7) is 8.47. The molecule has 0 fully saturated rings. The molecule has 0 atom stereocenters. The normalized spacial score (nSPS) is 11.1. The zero-order chi connectivity index (χ0) is 16.7. The van der Waals surface area contributed by atoms with Crippen LogP contribution in [0.3, 0.4) is 0 Å². The Labute approximate surface area is 170 Å². The Kier molecular flexibility index (Phi) is 9.61. The van der Waals surface area contributed by atoms with Crippen molar-refractivity contribution in [3.05, 3.63) is 50.4 Å². The van der Waals surface area contributed by atoms with Crippen LogP contribution >= 0.6 is 46.9 Å². The second kappa shape index (κ2) is 10.9. The van der Waals surface area contributed by atoms with E-state index in [0.29, 0.717) is 6.54 Å². The maximum Gasteiger partial charge on any atom is 0.191 e. The summed E-state index contributed by atoms with van der Waals surface area (Å²) in [7, 11) is 0. The molecule has 0 amide bonds. The molecule has 1 aromatic carbocycles. The topological polar surface area (TPSA) is 49.3 Å². The molecule has 0 aliphatic rings. The van der Waals surface area contributed by atoms with E-state index in [0.717, 1.165) is 46.8 Å². The van der Waals surface area contributed by atoms with Crippen LogP contribution in [0.5, 0.6) is 0 Å². The molecule has 0 radical (unpaired) electrons. The predicted molar refractivity (Wildman–Crippen MR) is 115 cm³/mol. The summed E-state index contributed by atoms with van der Waals surface area (Å²) >= 11 is 7.77. The van der Waals surface area contributed by atoms with Crippen molar-refractivity contribution in [2.45, 2.75) is 33.7 Å². The van der Waals surface area contributed by atoms with Gasteiger partial charge in [0.25, 0.3) is 0 Å². The molecule has 2 aromatic rings. The average molecular weight is 479 g/mol. The molecule has 0 saturated carbocycles. The number of hydrogen-bond donors (Lipinski definition) is 2. The van der Waals surface area contributed by atoms with Crippen LogP contribution < -0.4 is 10.6 Å². The fourth-order valence-corrected chi connectivity index (χ4v) is 3.23. The van der Waals surface area contributed by atoms with Crippen molar-refractivity contribution in [3.63, 3.8) is 0 Å². The van der Waals surface area contributed by atoms with E-state index in [4.69, 9.17) is 11.6 Å². The number of hydrogen-bond acceptors (Lipinski definition) is 3. The van der Waals surface area contributed by atoms with Crippen molar-refractivity contribution in [1.82, 2.24) is 15.6 Å². The van der Waals surface area contributed by atoms with E-state index in [1.807, 2.05) is 24.3 Å². The van der Waals surface area contributed by atoms with E-state index in [-0.39, 0.29) is 24.0 Å². The minimum Gasteiger partial charge on any atom is -0.357 e. The number of aryl methyl sites for hydroxylation is 2. The third kappa shape index (κ3) is 6.94. The number of aliphatic imine (C=N–C) groups is 1. The van der Waals surface area contributed by atoms with Gasteiger partial charge >= 0.3 is 0 Å². The van der Waals surface area contributed by atoms with Gasteiger partial charge in [-0.05, 0) is 38.5 Å². The summed E-state index contributed by atoms with van der Waals surface area (Å²) in [5.74, 6) is 0.817. The quantitative estimate of drug-likeness (QED) is 0.369.